The topological polar surface area (TPSA) is 69.5 Å². The van der Waals surface area contributed by atoms with Gasteiger partial charge in [0.15, 0.2) is 11.5 Å². The number of carbonyl (C=O) groups is 1. The molecule has 1 amide bonds. The van der Waals surface area contributed by atoms with Gasteiger partial charge in [-0.3, -0.25) is 4.79 Å². The van der Waals surface area contributed by atoms with E-state index in [9.17, 15) is 4.79 Å². The molecular weight excluding hydrogens is 424 g/mol. The molecule has 0 aliphatic carbocycles. The molecule has 0 fully saturated rings. The van der Waals surface area contributed by atoms with Crippen molar-refractivity contribution in [1.29, 1.82) is 0 Å². The molecule has 162 valence electrons. The first kappa shape index (κ1) is 20.3. The Labute approximate surface area is 189 Å². The molecule has 0 N–H and O–H groups in total. The van der Waals surface area contributed by atoms with Gasteiger partial charge in [0.05, 0.1) is 16.6 Å². The van der Waals surface area contributed by atoms with E-state index in [2.05, 4.69) is 10.1 Å². The number of rotatable bonds is 5. The minimum atomic E-state index is -0.0767. The van der Waals surface area contributed by atoms with Gasteiger partial charge < -0.3 is 14.4 Å². The van der Waals surface area contributed by atoms with Crippen LogP contribution in [0.25, 0.3) is 16.1 Å². The van der Waals surface area contributed by atoms with Gasteiger partial charge in [-0.05, 0) is 60.5 Å². The lowest BCUT2D eigenvalue weighted by Crippen LogP contribution is -2.29. The smallest absolute Gasteiger partial charge is 0.264 e. The largest absolute Gasteiger partial charge is 0.486 e. The lowest BCUT2D eigenvalue weighted by molar-refractivity contribution is 0.0747. The highest BCUT2D eigenvalue weighted by Crippen LogP contribution is 2.37. The minimum Gasteiger partial charge on any atom is -0.486 e. The van der Waals surface area contributed by atoms with E-state index in [1.807, 2.05) is 68.6 Å². The fraction of sp³-hybridized carbons (Fsp3) is 0.208. The third-order valence-electron chi connectivity index (χ3n) is 5.60. The van der Waals surface area contributed by atoms with Crippen molar-refractivity contribution in [3.05, 3.63) is 77.7 Å². The zero-order valence-electron chi connectivity index (χ0n) is 17.8. The van der Waals surface area contributed by atoms with Crippen molar-refractivity contribution in [2.75, 3.05) is 20.3 Å². The molecule has 3 heterocycles. The maximum absolute atomic E-state index is 13.2. The average molecular weight is 447 g/mol. The predicted molar refractivity (Wildman–Crippen MR) is 123 cm³/mol. The Balaban J connectivity index is 1.31. The van der Waals surface area contributed by atoms with E-state index in [1.54, 1.807) is 15.9 Å². The summed E-state index contributed by atoms with van der Waals surface area (Å²) < 4.78 is 13.0. The first-order chi connectivity index (χ1) is 15.6. The van der Waals surface area contributed by atoms with E-state index < -0.39 is 0 Å². The Bertz CT molecular complexity index is 1230. The predicted octanol–water partition coefficient (Wildman–Crippen LogP) is 4.60. The van der Waals surface area contributed by atoms with E-state index in [-0.39, 0.29) is 11.9 Å². The molecule has 0 saturated heterocycles. The number of amides is 1. The van der Waals surface area contributed by atoms with Crippen molar-refractivity contribution < 1.29 is 14.3 Å². The number of ether oxygens (including phenoxy) is 2. The van der Waals surface area contributed by atoms with Gasteiger partial charge in [-0.2, -0.15) is 5.10 Å². The first-order valence-corrected chi connectivity index (χ1v) is 11.1. The third kappa shape index (κ3) is 3.85. The normalized spacial score (nSPS) is 13.6. The van der Waals surface area contributed by atoms with Gasteiger partial charge in [-0.15, -0.1) is 11.3 Å². The average Bonchev–Trinajstić information content (AvgIpc) is 3.55. The number of nitrogens with zero attached hydrogens (tertiary/aromatic N) is 4. The molecule has 1 aliphatic rings. The van der Waals surface area contributed by atoms with Crippen LogP contribution < -0.4 is 9.47 Å². The van der Waals surface area contributed by atoms with Crippen molar-refractivity contribution in [2.45, 2.75) is 13.0 Å². The number of hydrogen-bond donors (Lipinski definition) is 0. The van der Waals surface area contributed by atoms with Crippen molar-refractivity contribution >= 4 is 17.2 Å². The third-order valence-corrected chi connectivity index (χ3v) is 6.73. The fourth-order valence-corrected chi connectivity index (χ4v) is 4.61. The first-order valence-electron chi connectivity index (χ1n) is 10.3. The van der Waals surface area contributed by atoms with Crippen LogP contribution >= 0.6 is 11.3 Å². The molecule has 4 aromatic rings. The molecule has 1 unspecified atom stereocenters. The maximum atomic E-state index is 13.2. The van der Waals surface area contributed by atoms with Crippen LogP contribution in [0.5, 0.6) is 11.5 Å². The van der Waals surface area contributed by atoms with E-state index in [1.165, 1.54) is 17.7 Å². The van der Waals surface area contributed by atoms with E-state index in [0.29, 0.717) is 18.1 Å². The second kappa shape index (κ2) is 8.47. The highest BCUT2D eigenvalue weighted by Gasteiger charge is 2.21. The number of aromatic nitrogens is 3. The number of hydrogen-bond acceptors (Lipinski definition) is 6. The zero-order chi connectivity index (χ0) is 22.1. The van der Waals surface area contributed by atoms with Gasteiger partial charge >= 0.3 is 0 Å². The van der Waals surface area contributed by atoms with E-state index >= 15 is 0 Å². The molecule has 5 rings (SSSR count). The van der Waals surface area contributed by atoms with Gasteiger partial charge in [0, 0.05) is 11.9 Å². The molecule has 2 aromatic heterocycles. The standard InChI is InChI=1S/C24H22N4O3S/c1-16(17-3-6-19(7-4-17)28-15-25-14-26-28)27(2)24(29)23-10-9-22(32-23)18-5-8-20-21(13-18)31-12-11-30-20/h3-10,13-16H,11-12H2,1-2H3. The van der Waals surface area contributed by atoms with Gasteiger partial charge in [-0.25, -0.2) is 9.67 Å². The van der Waals surface area contributed by atoms with Crippen LogP contribution in [0.15, 0.2) is 67.3 Å². The highest BCUT2D eigenvalue weighted by atomic mass is 32.1. The van der Waals surface area contributed by atoms with Gasteiger partial charge in [0.25, 0.3) is 5.91 Å². The molecule has 8 heteroatoms. The lowest BCUT2D eigenvalue weighted by atomic mass is 10.1. The Hall–Kier alpha value is -3.65. The molecule has 0 radical (unpaired) electrons. The molecule has 0 bridgehead atoms. The summed E-state index contributed by atoms with van der Waals surface area (Å²) in [5.74, 6) is 1.50. The molecule has 32 heavy (non-hydrogen) atoms. The summed E-state index contributed by atoms with van der Waals surface area (Å²) in [5.41, 5.74) is 2.99. The van der Waals surface area contributed by atoms with Crippen LogP contribution in [0.2, 0.25) is 0 Å². The molecular formula is C24H22N4O3S. The number of carbonyl (C=O) groups excluding carboxylic acids is 1. The molecule has 1 aliphatic heterocycles. The van der Waals surface area contributed by atoms with Crippen molar-refractivity contribution in [3.63, 3.8) is 0 Å². The second-order valence-corrected chi connectivity index (χ2v) is 8.63. The molecule has 0 spiro atoms. The van der Waals surface area contributed by atoms with E-state index in [0.717, 1.165) is 33.2 Å². The summed E-state index contributed by atoms with van der Waals surface area (Å²) >= 11 is 1.48. The van der Waals surface area contributed by atoms with Crippen LogP contribution in [-0.4, -0.2) is 45.8 Å². The molecule has 2 aromatic carbocycles. The van der Waals surface area contributed by atoms with Gasteiger partial charge in [0.1, 0.15) is 25.9 Å². The summed E-state index contributed by atoms with van der Waals surface area (Å²) in [6.45, 7) is 3.14. The number of benzene rings is 2. The zero-order valence-corrected chi connectivity index (χ0v) is 18.6. The van der Waals surface area contributed by atoms with E-state index in [4.69, 9.17) is 9.47 Å². The Morgan fingerprint density at radius 3 is 2.59 bits per heavy atom. The number of fused-ring (bicyclic) bond motifs is 1. The quantitative estimate of drug-likeness (QED) is 0.448. The lowest BCUT2D eigenvalue weighted by Gasteiger charge is -2.25. The maximum Gasteiger partial charge on any atom is 0.264 e. The Morgan fingerprint density at radius 1 is 1.06 bits per heavy atom. The van der Waals surface area contributed by atoms with Gasteiger partial charge in [-0.1, -0.05) is 12.1 Å². The van der Waals surface area contributed by atoms with Crippen LogP contribution in [0.3, 0.4) is 0 Å². The summed E-state index contributed by atoms with van der Waals surface area (Å²) in [7, 11) is 1.84. The van der Waals surface area contributed by atoms with Crippen LogP contribution in [0, 0.1) is 0 Å². The SMILES string of the molecule is CC(c1ccc(-n2cncn2)cc1)N(C)C(=O)c1ccc(-c2ccc3c(c2)OCCO3)s1. The fourth-order valence-electron chi connectivity index (χ4n) is 3.63. The summed E-state index contributed by atoms with van der Waals surface area (Å²) in [6.07, 6.45) is 3.16. The van der Waals surface area contributed by atoms with Crippen LogP contribution in [-0.2, 0) is 0 Å². The molecule has 1 atom stereocenters. The van der Waals surface area contributed by atoms with Crippen molar-refractivity contribution in [1.82, 2.24) is 19.7 Å². The van der Waals surface area contributed by atoms with Crippen LogP contribution in [0.4, 0.5) is 0 Å². The van der Waals surface area contributed by atoms with Crippen LogP contribution in [0.1, 0.15) is 28.2 Å². The minimum absolute atomic E-state index is 0.00774. The summed E-state index contributed by atoms with van der Waals surface area (Å²) in [5, 5.41) is 4.14. The highest BCUT2D eigenvalue weighted by molar-refractivity contribution is 7.17. The van der Waals surface area contributed by atoms with Gasteiger partial charge in [0.2, 0.25) is 0 Å². The summed E-state index contributed by atoms with van der Waals surface area (Å²) in [4.78, 5) is 20.6. The Morgan fingerprint density at radius 2 is 1.84 bits per heavy atom. The van der Waals surface area contributed by atoms with Crippen molar-refractivity contribution in [2.24, 2.45) is 0 Å². The Kier molecular flexibility index (Phi) is 5.36. The summed E-state index contributed by atoms with van der Waals surface area (Å²) in [6, 6.07) is 17.7. The molecule has 7 nitrogen and oxygen atoms in total. The number of thiophene rings is 1. The second-order valence-electron chi connectivity index (χ2n) is 7.55. The van der Waals surface area contributed by atoms with Crippen molar-refractivity contribution in [3.8, 4) is 27.6 Å². The molecule has 0 saturated carbocycles. The monoisotopic (exact) mass is 446 g/mol.